The Kier molecular flexibility index (Phi) is 3.33. The molecule has 0 aromatic carbocycles. The predicted octanol–water partition coefficient (Wildman–Crippen LogP) is 1.74. The molecule has 17 heavy (non-hydrogen) atoms. The van der Waals surface area contributed by atoms with E-state index in [2.05, 4.69) is 5.92 Å². The van der Waals surface area contributed by atoms with Crippen molar-refractivity contribution in [3.05, 3.63) is 12.2 Å². The molecule has 0 aromatic heterocycles. The van der Waals surface area contributed by atoms with Crippen molar-refractivity contribution in [3.8, 4) is 12.3 Å². The number of nitrogens with zero attached hydrogens (tertiary/aromatic N) is 1. The Bertz CT molecular complexity index is 379. The minimum absolute atomic E-state index is 0.0687. The molecule has 90 valence electrons. The first kappa shape index (κ1) is 11.9. The molecular weight excluding hydrogens is 214 g/mol. The van der Waals surface area contributed by atoms with E-state index in [1.807, 2.05) is 19.1 Å². The third-order valence-corrected chi connectivity index (χ3v) is 3.61. The molecule has 3 nitrogen and oxygen atoms in total. The molecule has 3 unspecified atom stereocenters. The summed E-state index contributed by atoms with van der Waals surface area (Å²) in [5.41, 5.74) is 0. The highest BCUT2D eigenvalue weighted by Crippen LogP contribution is 2.36. The van der Waals surface area contributed by atoms with Crippen molar-refractivity contribution in [3.63, 3.8) is 0 Å². The van der Waals surface area contributed by atoms with Gasteiger partial charge in [-0.1, -0.05) is 31.4 Å². The van der Waals surface area contributed by atoms with Gasteiger partial charge in [-0.15, -0.1) is 6.42 Å². The summed E-state index contributed by atoms with van der Waals surface area (Å²) in [7, 11) is 0. The smallest absolute Gasteiger partial charge is 0.234 e. The van der Waals surface area contributed by atoms with E-state index in [1.165, 1.54) is 4.90 Å². The van der Waals surface area contributed by atoms with Gasteiger partial charge in [0.2, 0.25) is 11.8 Å². The van der Waals surface area contributed by atoms with Gasteiger partial charge >= 0.3 is 0 Å². The quantitative estimate of drug-likeness (QED) is 0.421. The van der Waals surface area contributed by atoms with Gasteiger partial charge in [0.05, 0.1) is 11.8 Å². The van der Waals surface area contributed by atoms with Crippen LogP contribution in [-0.2, 0) is 9.59 Å². The number of likely N-dealkylation sites (tertiary alicyclic amines) is 1. The van der Waals surface area contributed by atoms with Gasteiger partial charge in [0, 0.05) is 0 Å². The second-order valence-electron chi connectivity index (χ2n) is 4.67. The van der Waals surface area contributed by atoms with E-state index in [9.17, 15) is 9.59 Å². The molecule has 2 aliphatic rings. The Labute approximate surface area is 102 Å². The highest BCUT2D eigenvalue weighted by atomic mass is 16.2. The van der Waals surface area contributed by atoms with Crippen molar-refractivity contribution in [1.29, 1.82) is 0 Å². The van der Waals surface area contributed by atoms with Gasteiger partial charge in [-0.3, -0.25) is 14.5 Å². The SMILES string of the molecule is C#CC(CCC)N1C(=O)C2CC=CCC2C1=O. The van der Waals surface area contributed by atoms with Gasteiger partial charge in [0.25, 0.3) is 0 Å². The molecule has 1 saturated heterocycles. The Morgan fingerprint density at radius 3 is 2.29 bits per heavy atom. The third kappa shape index (κ3) is 1.88. The first-order valence-corrected chi connectivity index (χ1v) is 6.18. The van der Waals surface area contributed by atoms with Gasteiger partial charge in [0.15, 0.2) is 0 Å². The van der Waals surface area contributed by atoms with Crippen LogP contribution in [0.1, 0.15) is 32.6 Å². The molecule has 1 aliphatic heterocycles. The van der Waals surface area contributed by atoms with E-state index in [0.717, 1.165) is 6.42 Å². The topological polar surface area (TPSA) is 37.4 Å². The molecular formula is C14H17NO2. The predicted molar refractivity (Wildman–Crippen MR) is 64.7 cm³/mol. The maximum Gasteiger partial charge on any atom is 0.234 e. The zero-order valence-electron chi connectivity index (χ0n) is 10.1. The van der Waals surface area contributed by atoms with Crippen LogP contribution in [-0.4, -0.2) is 22.8 Å². The fraction of sp³-hybridized carbons (Fsp3) is 0.571. The van der Waals surface area contributed by atoms with E-state index >= 15 is 0 Å². The van der Waals surface area contributed by atoms with Crippen LogP contribution in [0.15, 0.2) is 12.2 Å². The molecule has 0 N–H and O–H groups in total. The molecule has 0 radical (unpaired) electrons. The van der Waals surface area contributed by atoms with Crippen molar-refractivity contribution in [2.45, 2.75) is 38.6 Å². The van der Waals surface area contributed by atoms with Gasteiger partial charge in [-0.25, -0.2) is 0 Å². The van der Waals surface area contributed by atoms with Gasteiger partial charge in [-0.2, -0.15) is 0 Å². The fourth-order valence-corrected chi connectivity index (χ4v) is 2.69. The van der Waals surface area contributed by atoms with Crippen molar-refractivity contribution in [2.24, 2.45) is 11.8 Å². The summed E-state index contributed by atoms with van der Waals surface area (Å²) in [6.07, 6.45) is 12.3. The lowest BCUT2D eigenvalue weighted by Gasteiger charge is -2.21. The first-order chi connectivity index (χ1) is 8.20. The van der Waals surface area contributed by atoms with E-state index in [4.69, 9.17) is 6.42 Å². The minimum atomic E-state index is -0.356. The second kappa shape index (κ2) is 4.75. The van der Waals surface area contributed by atoms with Gasteiger partial charge in [-0.05, 0) is 19.3 Å². The van der Waals surface area contributed by atoms with E-state index in [1.54, 1.807) is 0 Å². The normalized spacial score (nSPS) is 29.1. The van der Waals surface area contributed by atoms with Crippen molar-refractivity contribution in [2.75, 3.05) is 0 Å². The number of terminal acetylenes is 1. The van der Waals surface area contributed by atoms with Crippen molar-refractivity contribution < 1.29 is 9.59 Å². The van der Waals surface area contributed by atoms with Gasteiger partial charge in [0.1, 0.15) is 6.04 Å². The number of allylic oxidation sites excluding steroid dienone is 2. The third-order valence-electron chi connectivity index (χ3n) is 3.61. The minimum Gasteiger partial charge on any atom is -0.274 e. The zero-order valence-corrected chi connectivity index (χ0v) is 10.1. The van der Waals surface area contributed by atoms with Crippen molar-refractivity contribution >= 4 is 11.8 Å². The number of hydrogen-bond donors (Lipinski definition) is 0. The summed E-state index contributed by atoms with van der Waals surface area (Å²) < 4.78 is 0. The maximum atomic E-state index is 12.2. The van der Waals surface area contributed by atoms with Crippen LogP contribution < -0.4 is 0 Å². The van der Waals surface area contributed by atoms with E-state index in [0.29, 0.717) is 19.3 Å². The molecule has 2 amide bonds. The first-order valence-electron chi connectivity index (χ1n) is 6.18. The summed E-state index contributed by atoms with van der Waals surface area (Å²) >= 11 is 0. The largest absolute Gasteiger partial charge is 0.274 e. The van der Waals surface area contributed by atoms with E-state index < -0.39 is 0 Å². The highest BCUT2D eigenvalue weighted by molar-refractivity contribution is 6.06. The Morgan fingerprint density at radius 2 is 1.88 bits per heavy atom. The standard InChI is InChI=1S/C14H17NO2/c1-3-7-10(4-2)15-13(16)11-8-5-6-9-12(11)14(15)17/h2,5-6,10-12H,3,7-9H2,1H3. The average molecular weight is 231 g/mol. The number of hydrogen-bond acceptors (Lipinski definition) is 2. The molecule has 1 aliphatic carbocycles. The van der Waals surface area contributed by atoms with Crippen LogP contribution in [0.2, 0.25) is 0 Å². The molecule has 2 rings (SSSR count). The van der Waals surface area contributed by atoms with Crippen LogP contribution in [0.25, 0.3) is 0 Å². The average Bonchev–Trinajstić information content (AvgIpc) is 2.61. The number of carbonyl (C=O) groups excluding carboxylic acids is 2. The number of imide groups is 1. The van der Waals surface area contributed by atoms with Crippen LogP contribution in [0, 0.1) is 24.2 Å². The summed E-state index contributed by atoms with van der Waals surface area (Å²) in [6, 6.07) is -0.356. The number of amides is 2. The lowest BCUT2D eigenvalue weighted by atomic mass is 9.85. The maximum absolute atomic E-state index is 12.2. The molecule has 0 aromatic rings. The number of rotatable bonds is 3. The Hall–Kier alpha value is -1.56. The number of fused-ring (bicyclic) bond motifs is 1. The van der Waals surface area contributed by atoms with Gasteiger partial charge < -0.3 is 0 Å². The molecule has 0 bridgehead atoms. The Morgan fingerprint density at radius 1 is 1.35 bits per heavy atom. The van der Waals surface area contributed by atoms with Crippen LogP contribution in [0.4, 0.5) is 0 Å². The molecule has 0 spiro atoms. The molecule has 1 fully saturated rings. The van der Waals surface area contributed by atoms with Crippen LogP contribution in [0.5, 0.6) is 0 Å². The van der Waals surface area contributed by atoms with Crippen LogP contribution in [0.3, 0.4) is 0 Å². The lowest BCUT2D eigenvalue weighted by Crippen LogP contribution is -2.39. The van der Waals surface area contributed by atoms with E-state index in [-0.39, 0.29) is 29.7 Å². The second-order valence-corrected chi connectivity index (χ2v) is 4.67. The summed E-state index contributed by atoms with van der Waals surface area (Å²) in [5, 5.41) is 0. The summed E-state index contributed by atoms with van der Waals surface area (Å²) in [5.74, 6) is 2.11. The molecule has 1 heterocycles. The monoisotopic (exact) mass is 231 g/mol. The highest BCUT2D eigenvalue weighted by Gasteiger charge is 2.49. The summed E-state index contributed by atoms with van der Waals surface area (Å²) in [4.78, 5) is 25.7. The summed E-state index contributed by atoms with van der Waals surface area (Å²) in [6.45, 7) is 2.00. The molecule has 0 saturated carbocycles. The molecule has 3 heteroatoms. The Balaban J connectivity index is 2.23. The number of carbonyl (C=O) groups is 2. The fourth-order valence-electron chi connectivity index (χ4n) is 2.69. The van der Waals surface area contributed by atoms with Crippen molar-refractivity contribution in [1.82, 2.24) is 4.90 Å². The lowest BCUT2D eigenvalue weighted by molar-refractivity contribution is -0.141. The zero-order chi connectivity index (χ0) is 12.4. The van der Waals surface area contributed by atoms with Crippen LogP contribution >= 0.6 is 0 Å². The molecule has 3 atom stereocenters.